The summed E-state index contributed by atoms with van der Waals surface area (Å²) in [4.78, 5) is 24.7. The van der Waals surface area contributed by atoms with Crippen molar-refractivity contribution in [2.75, 3.05) is 12.3 Å². The summed E-state index contributed by atoms with van der Waals surface area (Å²) in [5.41, 5.74) is 2.31. The average molecular weight is 319 g/mol. The van der Waals surface area contributed by atoms with Gasteiger partial charge in [0.15, 0.2) is 0 Å². The molecule has 0 saturated carbocycles. The molecule has 0 radical (unpaired) electrons. The van der Waals surface area contributed by atoms with E-state index in [2.05, 4.69) is 24.8 Å². The van der Waals surface area contributed by atoms with Crippen LogP contribution in [0.2, 0.25) is 0 Å². The zero-order valence-electron chi connectivity index (χ0n) is 12.4. The Morgan fingerprint density at radius 2 is 1.95 bits per heavy atom. The average Bonchev–Trinajstić information content (AvgIpc) is 2.93. The van der Waals surface area contributed by atoms with Gasteiger partial charge in [0.2, 0.25) is 5.91 Å². The predicted octanol–water partition coefficient (Wildman–Crippen LogP) is 2.55. The third kappa shape index (κ3) is 4.37. The molecule has 0 saturated heterocycles. The molecular weight excluding hydrogens is 298 g/mol. The molecule has 1 heterocycles. The van der Waals surface area contributed by atoms with Crippen LogP contribution in [0, 0.1) is 0 Å². The number of nitrogens with zero attached hydrogens (tertiary/aromatic N) is 1. The number of rotatable bonds is 7. The molecule has 2 rings (SSSR count). The lowest BCUT2D eigenvalue weighted by molar-refractivity contribution is -0.146. The lowest BCUT2D eigenvalue weighted by Crippen LogP contribution is -2.41. The topological polar surface area (TPSA) is 57.6 Å². The second kappa shape index (κ2) is 8.03. The molecule has 0 aliphatic carbocycles. The normalized spacial score (nSPS) is 17.4. The minimum absolute atomic E-state index is 0.142. The van der Waals surface area contributed by atoms with Crippen LogP contribution in [0.5, 0.6) is 0 Å². The Hall–Kier alpha value is -1.75. The van der Waals surface area contributed by atoms with Gasteiger partial charge in [0.1, 0.15) is 6.04 Å². The molecule has 118 valence electrons. The number of aryl methyl sites for hydroxylation is 1. The maximum atomic E-state index is 12.0. The number of carbonyl (C=O) groups excluding carboxylic acids is 1. The summed E-state index contributed by atoms with van der Waals surface area (Å²) in [7, 11) is 0. The van der Waals surface area contributed by atoms with Gasteiger partial charge in [-0.2, -0.15) is 12.6 Å². The van der Waals surface area contributed by atoms with E-state index in [1.165, 1.54) is 10.5 Å². The Morgan fingerprint density at radius 3 is 2.59 bits per heavy atom. The monoisotopic (exact) mass is 319 g/mol. The van der Waals surface area contributed by atoms with Crippen molar-refractivity contribution < 1.29 is 14.7 Å². The summed E-state index contributed by atoms with van der Waals surface area (Å²) in [6.45, 7) is 0.429. The zero-order valence-corrected chi connectivity index (χ0v) is 13.3. The minimum Gasteiger partial charge on any atom is -0.479 e. The van der Waals surface area contributed by atoms with Gasteiger partial charge in [-0.25, -0.2) is 4.79 Å². The van der Waals surface area contributed by atoms with Crippen LogP contribution in [-0.4, -0.2) is 40.2 Å². The molecule has 1 N–H and O–H groups in total. The van der Waals surface area contributed by atoms with E-state index in [9.17, 15) is 14.7 Å². The highest BCUT2D eigenvalue weighted by Gasteiger charge is 2.32. The van der Waals surface area contributed by atoms with Gasteiger partial charge in [0.05, 0.1) is 0 Å². The van der Waals surface area contributed by atoms with Crippen molar-refractivity contribution >= 4 is 24.5 Å². The summed E-state index contributed by atoms with van der Waals surface area (Å²) >= 11 is 4.04. The van der Waals surface area contributed by atoms with Gasteiger partial charge in [-0.1, -0.05) is 35.9 Å². The fraction of sp³-hybridized carbons (Fsp3) is 0.412. The highest BCUT2D eigenvalue weighted by atomic mass is 32.1. The van der Waals surface area contributed by atoms with Crippen LogP contribution in [0.4, 0.5) is 0 Å². The van der Waals surface area contributed by atoms with E-state index >= 15 is 0 Å². The van der Waals surface area contributed by atoms with E-state index in [0.717, 1.165) is 24.8 Å². The quantitative estimate of drug-likeness (QED) is 0.600. The molecule has 0 aromatic heterocycles. The van der Waals surface area contributed by atoms with Gasteiger partial charge in [0, 0.05) is 13.0 Å². The van der Waals surface area contributed by atoms with Crippen molar-refractivity contribution in [2.45, 2.75) is 31.7 Å². The van der Waals surface area contributed by atoms with Crippen molar-refractivity contribution in [3.63, 3.8) is 0 Å². The van der Waals surface area contributed by atoms with Crippen LogP contribution >= 0.6 is 12.6 Å². The van der Waals surface area contributed by atoms with Crippen LogP contribution in [0.25, 0.3) is 0 Å². The first-order valence-corrected chi connectivity index (χ1v) is 8.11. The second-order valence-electron chi connectivity index (χ2n) is 5.44. The highest BCUT2D eigenvalue weighted by Crippen LogP contribution is 2.22. The number of carboxylic acid groups (broad SMARTS) is 1. The summed E-state index contributed by atoms with van der Waals surface area (Å²) in [5.74, 6) is -0.673. The molecule has 4 nitrogen and oxygen atoms in total. The summed E-state index contributed by atoms with van der Waals surface area (Å²) in [6.07, 6.45) is 4.74. The number of hydrogen-bond donors (Lipinski definition) is 2. The highest BCUT2D eigenvalue weighted by molar-refractivity contribution is 7.80. The van der Waals surface area contributed by atoms with Gasteiger partial charge < -0.3 is 10.0 Å². The number of benzene rings is 1. The molecule has 1 aliphatic heterocycles. The molecule has 22 heavy (non-hydrogen) atoms. The second-order valence-corrected chi connectivity index (χ2v) is 5.89. The third-order valence-corrected chi connectivity index (χ3v) is 4.03. The Labute approximate surface area is 136 Å². The van der Waals surface area contributed by atoms with Crippen LogP contribution in [-0.2, 0) is 16.0 Å². The first-order valence-electron chi connectivity index (χ1n) is 7.48. The van der Waals surface area contributed by atoms with Gasteiger partial charge in [-0.15, -0.1) is 0 Å². The van der Waals surface area contributed by atoms with Crippen LogP contribution in [0.15, 0.2) is 42.0 Å². The number of thiol groups is 1. The van der Waals surface area contributed by atoms with Gasteiger partial charge in [0.25, 0.3) is 0 Å². The first kappa shape index (κ1) is 16.6. The third-order valence-electron chi connectivity index (χ3n) is 3.81. The van der Waals surface area contributed by atoms with E-state index in [4.69, 9.17) is 0 Å². The summed E-state index contributed by atoms with van der Waals surface area (Å²) in [6, 6.07) is 9.38. The predicted molar refractivity (Wildman–Crippen MR) is 89.1 cm³/mol. The molecule has 1 amide bonds. The fourth-order valence-corrected chi connectivity index (χ4v) is 2.89. The maximum absolute atomic E-state index is 12.0. The van der Waals surface area contributed by atoms with Crippen LogP contribution < -0.4 is 0 Å². The maximum Gasteiger partial charge on any atom is 0.330 e. The van der Waals surface area contributed by atoms with E-state index < -0.39 is 12.0 Å². The minimum atomic E-state index is -0.967. The number of carbonyl (C=O) groups is 2. The largest absolute Gasteiger partial charge is 0.479 e. The number of aliphatic carboxylic acids is 1. The fourth-order valence-electron chi connectivity index (χ4n) is 2.70. The lowest BCUT2D eigenvalue weighted by Gasteiger charge is -2.21. The number of amides is 1. The number of carboxylic acids is 1. The van der Waals surface area contributed by atoms with Crippen molar-refractivity contribution in [3.8, 4) is 0 Å². The molecule has 1 atom stereocenters. The van der Waals surface area contributed by atoms with Crippen LogP contribution in [0.3, 0.4) is 0 Å². The molecule has 0 unspecified atom stereocenters. The van der Waals surface area contributed by atoms with Crippen molar-refractivity contribution in [1.29, 1.82) is 0 Å². The lowest BCUT2D eigenvalue weighted by atomic mass is 10.0. The standard InChI is InChI=1S/C17H21NO3S/c19-16(9-10-22)18-12-14(11-15(18)17(20)21)8-4-7-13-5-2-1-3-6-13/h1-3,5-6,11,15,22H,4,7-10,12H2,(H,20,21)/t15-/m0/s1. The Kier molecular flexibility index (Phi) is 6.07. The molecule has 1 aromatic carbocycles. The molecule has 5 heteroatoms. The van der Waals surface area contributed by atoms with Gasteiger partial charge >= 0.3 is 5.97 Å². The van der Waals surface area contributed by atoms with Gasteiger partial charge in [-0.05, 0) is 36.7 Å². The SMILES string of the molecule is O=C(O)[C@@H]1C=C(CCCc2ccccc2)CN1C(=O)CCS. The van der Waals surface area contributed by atoms with Crippen molar-refractivity contribution in [3.05, 3.63) is 47.5 Å². The van der Waals surface area contributed by atoms with E-state index in [0.29, 0.717) is 12.3 Å². The Morgan fingerprint density at radius 1 is 1.23 bits per heavy atom. The Balaban J connectivity index is 1.90. The van der Waals surface area contributed by atoms with Crippen LogP contribution in [0.1, 0.15) is 24.8 Å². The molecule has 0 spiro atoms. The molecule has 0 bridgehead atoms. The van der Waals surface area contributed by atoms with E-state index in [-0.39, 0.29) is 12.3 Å². The van der Waals surface area contributed by atoms with E-state index in [1.807, 2.05) is 18.2 Å². The molecule has 1 aliphatic rings. The van der Waals surface area contributed by atoms with E-state index in [1.54, 1.807) is 6.08 Å². The van der Waals surface area contributed by atoms with Crippen molar-refractivity contribution in [1.82, 2.24) is 4.90 Å². The first-order chi connectivity index (χ1) is 10.6. The zero-order chi connectivity index (χ0) is 15.9. The molecular formula is C17H21NO3S. The van der Waals surface area contributed by atoms with Crippen molar-refractivity contribution in [2.24, 2.45) is 0 Å². The molecule has 1 aromatic rings. The summed E-state index contributed by atoms with van der Waals surface area (Å²) in [5, 5.41) is 9.26. The van der Waals surface area contributed by atoms with Gasteiger partial charge in [-0.3, -0.25) is 4.79 Å². The Bertz CT molecular complexity index is 556. The number of hydrogen-bond acceptors (Lipinski definition) is 3. The summed E-state index contributed by atoms with van der Waals surface area (Å²) < 4.78 is 0. The smallest absolute Gasteiger partial charge is 0.330 e. The molecule has 0 fully saturated rings.